The SMILES string of the molecule is COC1CC=C(N)C(N2CCC(N(C)C)C2)=N1. The number of hydrogen-bond donors (Lipinski definition) is 1. The molecule has 0 aromatic carbocycles. The van der Waals surface area contributed by atoms with Crippen LogP contribution in [0.25, 0.3) is 0 Å². The van der Waals surface area contributed by atoms with Gasteiger partial charge in [0.15, 0.2) is 6.23 Å². The number of aliphatic imine (C=N–C) groups is 1. The van der Waals surface area contributed by atoms with Crippen LogP contribution in [0.1, 0.15) is 12.8 Å². The summed E-state index contributed by atoms with van der Waals surface area (Å²) in [6.45, 7) is 2.02. The van der Waals surface area contributed by atoms with Gasteiger partial charge in [-0.15, -0.1) is 0 Å². The Balaban J connectivity index is 2.07. The number of methoxy groups -OCH3 is 1. The molecule has 5 heteroatoms. The van der Waals surface area contributed by atoms with Gasteiger partial charge in [-0.05, 0) is 20.5 Å². The van der Waals surface area contributed by atoms with E-state index in [9.17, 15) is 0 Å². The van der Waals surface area contributed by atoms with Gasteiger partial charge in [0.05, 0.1) is 5.70 Å². The highest BCUT2D eigenvalue weighted by Gasteiger charge is 2.28. The lowest BCUT2D eigenvalue weighted by Gasteiger charge is -2.26. The van der Waals surface area contributed by atoms with Crippen LogP contribution in [0.15, 0.2) is 16.8 Å². The van der Waals surface area contributed by atoms with Crippen molar-refractivity contribution in [2.45, 2.75) is 25.1 Å². The van der Waals surface area contributed by atoms with Gasteiger partial charge in [0.1, 0.15) is 5.84 Å². The second-order valence-corrected chi connectivity index (χ2v) is 4.89. The molecule has 0 aromatic rings. The lowest BCUT2D eigenvalue weighted by molar-refractivity contribution is 0.110. The van der Waals surface area contributed by atoms with E-state index in [1.807, 2.05) is 6.08 Å². The van der Waals surface area contributed by atoms with Crippen molar-refractivity contribution in [1.82, 2.24) is 9.80 Å². The number of nitrogens with two attached hydrogens (primary N) is 1. The molecule has 1 saturated heterocycles. The van der Waals surface area contributed by atoms with E-state index in [-0.39, 0.29) is 6.23 Å². The van der Waals surface area contributed by atoms with E-state index in [4.69, 9.17) is 10.5 Å². The molecule has 2 aliphatic heterocycles. The zero-order valence-electron chi connectivity index (χ0n) is 10.9. The second-order valence-electron chi connectivity index (χ2n) is 4.89. The van der Waals surface area contributed by atoms with Crippen LogP contribution in [0.3, 0.4) is 0 Å². The molecule has 0 aromatic heterocycles. The Morgan fingerprint density at radius 2 is 2.29 bits per heavy atom. The lowest BCUT2D eigenvalue weighted by Crippen LogP contribution is -2.38. The number of ether oxygens (including phenoxy) is 1. The summed E-state index contributed by atoms with van der Waals surface area (Å²) >= 11 is 0. The minimum absolute atomic E-state index is 0.0734. The summed E-state index contributed by atoms with van der Waals surface area (Å²) in [5.74, 6) is 0.910. The Bertz CT molecular complexity index is 337. The van der Waals surface area contributed by atoms with Crippen molar-refractivity contribution in [3.63, 3.8) is 0 Å². The smallest absolute Gasteiger partial charge is 0.153 e. The Labute approximate surface area is 103 Å². The van der Waals surface area contributed by atoms with Gasteiger partial charge in [0, 0.05) is 32.7 Å². The van der Waals surface area contributed by atoms with E-state index in [1.54, 1.807) is 7.11 Å². The molecule has 2 rings (SSSR count). The predicted octanol–water partition coefficient (Wildman–Crippen LogP) is 0.240. The van der Waals surface area contributed by atoms with Gasteiger partial charge in [0.25, 0.3) is 0 Å². The number of hydrogen-bond acceptors (Lipinski definition) is 5. The first kappa shape index (κ1) is 12.4. The Morgan fingerprint density at radius 3 is 2.88 bits per heavy atom. The molecule has 0 aliphatic carbocycles. The second kappa shape index (κ2) is 5.06. The molecule has 2 unspecified atom stereocenters. The van der Waals surface area contributed by atoms with Crippen molar-refractivity contribution in [2.24, 2.45) is 10.7 Å². The van der Waals surface area contributed by atoms with Gasteiger partial charge in [0.2, 0.25) is 0 Å². The maximum atomic E-state index is 6.02. The normalized spacial score (nSPS) is 29.5. The van der Waals surface area contributed by atoms with Crippen LogP contribution < -0.4 is 5.73 Å². The van der Waals surface area contributed by atoms with Gasteiger partial charge < -0.3 is 20.3 Å². The highest BCUT2D eigenvalue weighted by Crippen LogP contribution is 2.19. The third kappa shape index (κ3) is 2.61. The van der Waals surface area contributed by atoms with Crippen molar-refractivity contribution in [1.29, 1.82) is 0 Å². The van der Waals surface area contributed by atoms with Crippen LogP contribution in [0.4, 0.5) is 0 Å². The van der Waals surface area contributed by atoms with Gasteiger partial charge >= 0.3 is 0 Å². The van der Waals surface area contributed by atoms with Crippen LogP contribution in [0, 0.1) is 0 Å². The van der Waals surface area contributed by atoms with Crippen LogP contribution in [-0.4, -0.2) is 62.2 Å². The van der Waals surface area contributed by atoms with Crippen LogP contribution in [0.2, 0.25) is 0 Å². The fourth-order valence-electron chi connectivity index (χ4n) is 2.35. The molecule has 5 nitrogen and oxygen atoms in total. The summed E-state index contributed by atoms with van der Waals surface area (Å²) in [6.07, 6.45) is 3.88. The molecular formula is C12H22N4O. The first-order valence-electron chi connectivity index (χ1n) is 6.09. The summed E-state index contributed by atoms with van der Waals surface area (Å²) in [7, 11) is 5.93. The van der Waals surface area contributed by atoms with Gasteiger partial charge in [-0.25, -0.2) is 4.99 Å². The van der Waals surface area contributed by atoms with E-state index in [2.05, 4.69) is 28.9 Å². The van der Waals surface area contributed by atoms with Crippen molar-refractivity contribution < 1.29 is 4.74 Å². The van der Waals surface area contributed by atoms with E-state index >= 15 is 0 Å². The Kier molecular flexibility index (Phi) is 3.69. The van der Waals surface area contributed by atoms with Crippen molar-refractivity contribution in [3.05, 3.63) is 11.8 Å². The van der Waals surface area contributed by atoms with E-state index < -0.39 is 0 Å². The Morgan fingerprint density at radius 1 is 1.53 bits per heavy atom. The first-order chi connectivity index (χ1) is 8.11. The molecule has 0 bridgehead atoms. The molecule has 2 heterocycles. The van der Waals surface area contributed by atoms with Crippen LogP contribution in [0.5, 0.6) is 0 Å². The third-order valence-electron chi connectivity index (χ3n) is 3.53. The lowest BCUT2D eigenvalue weighted by atomic mass is 10.2. The highest BCUT2D eigenvalue weighted by molar-refractivity contribution is 5.98. The number of nitrogens with zero attached hydrogens (tertiary/aromatic N) is 3. The van der Waals surface area contributed by atoms with E-state index in [0.29, 0.717) is 6.04 Å². The summed E-state index contributed by atoms with van der Waals surface area (Å²) in [5, 5.41) is 0. The summed E-state index contributed by atoms with van der Waals surface area (Å²) in [4.78, 5) is 9.09. The molecule has 0 amide bonds. The van der Waals surface area contributed by atoms with Gasteiger partial charge in [-0.1, -0.05) is 6.08 Å². The standard InChI is InChI=1S/C12H22N4O/c1-15(2)9-6-7-16(8-9)12-10(13)4-5-11(14-12)17-3/h4,9,11H,5-8,13H2,1-3H3. The minimum atomic E-state index is -0.0734. The van der Waals surface area contributed by atoms with Crippen molar-refractivity contribution in [3.8, 4) is 0 Å². The topological polar surface area (TPSA) is 54.1 Å². The molecule has 17 heavy (non-hydrogen) atoms. The molecule has 2 atom stereocenters. The average molecular weight is 238 g/mol. The number of likely N-dealkylation sites (N-methyl/N-ethyl adjacent to an activating group) is 1. The van der Waals surface area contributed by atoms with Crippen molar-refractivity contribution >= 4 is 5.84 Å². The largest absolute Gasteiger partial charge is 0.396 e. The summed E-state index contributed by atoms with van der Waals surface area (Å²) < 4.78 is 5.28. The van der Waals surface area contributed by atoms with Crippen LogP contribution >= 0.6 is 0 Å². The monoisotopic (exact) mass is 238 g/mol. The average Bonchev–Trinajstić information content (AvgIpc) is 2.79. The number of dihydropyridines is 1. The molecule has 1 fully saturated rings. The van der Waals surface area contributed by atoms with Gasteiger partial charge in [-0.2, -0.15) is 0 Å². The van der Waals surface area contributed by atoms with Gasteiger partial charge in [-0.3, -0.25) is 0 Å². The summed E-state index contributed by atoms with van der Waals surface area (Å²) in [5.41, 5.74) is 6.81. The fourth-order valence-corrected chi connectivity index (χ4v) is 2.35. The molecule has 96 valence electrons. The van der Waals surface area contributed by atoms with E-state index in [1.165, 1.54) is 0 Å². The maximum Gasteiger partial charge on any atom is 0.153 e. The molecule has 0 spiro atoms. The molecule has 2 N–H and O–H groups in total. The summed E-state index contributed by atoms with van der Waals surface area (Å²) in [6, 6.07) is 0.591. The van der Waals surface area contributed by atoms with Crippen LogP contribution in [-0.2, 0) is 4.74 Å². The third-order valence-corrected chi connectivity index (χ3v) is 3.53. The molecule has 2 aliphatic rings. The minimum Gasteiger partial charge on any atom is -0.396 e. The fraction of sp³-hybridized carbons (Fsp3) is 0.750. The quantitative estimate of drug-likeness (QED) is 0.749. The van der Waals surface area contributed by atoms with Crippen molar-refractivity contribution in [2.75, 3.05) is 34.3 Å². The molecule has 0 saturated carbocycles. The zero-order chi connectivity index (χ0) is 12.4. The number of likely N-dealkylation sites (tertiary alicyclic amines) is 1. The number of rotatable bonds is 2. The highest BCUT2D eigenvalue weighted by atomic mass is 16.5. The Hall–Kier alpha value is -1.07. The molecule has 0 radical (unpaired) electrons. The predicted molar refractivity (Wildman–Crippen MR) is 68.8 cm³/mol. The maximum absolute atomic E-state index is 6.02. The zero-order valence-corrected chi connectivity index (χ0v) is 10.9. The first-order valence-corrected chi connectivity index (χ1v) is 6.09. The molecular weight excluding hydrogens is 216 g/mol. The van der Waals surface area contributed by atoms with E-state index in [0.717, 1.165) is 37.5 Å². The number of amidine groups is 1.